The zero-order valence-corrected chi connectivity index (χ0v) is 10.2. The van der Waals surface area contributed by atoms with E-state index in [1.807, 2.05) is 6.92 Å². The molecule has 0 aliphatic rings. The van der Waals surface area contributed by atoms with Crippen molar-refractivity contribution in [1.82, 2.24) is 9.78 Å². The lowest BCUT2D eigenvalue weighted by Crippen LogP contribution is -2.12. The van der Waals surface area contributed by atoms with Crippen LogP contribution in [0.25, 0.3) is 0 Å². The maximum Gasteiger partial charge on any atom is 0.357 e. The second kappa shape index (κ2) is 5.47. The summed E-state index contributed by atoms with van der Waals surface area (Å²) in [5.41, 5.74) is 0.270. The molecule has 1 rings (SSSR count). The zero-order valence-electron chi connectivity index (χ0n) is 10.2. The lowest BCUT2D eigenvalue weighted by atomic mass is 10.2. The number of carbonyl (C=O) groups excluding carboxylic acids is 1. The van der Waals surface area contributed by atoms with Gasteiger partial charge in [-0.25, -0.2) is 9.59 Å². The molecule has 0 radical (unpaired) electrons. The molecule has 0 aliphatic heterocycles. The van der Waals surface area contributed by atoms with Gasteiger partial charge < -0.3 is 9.84 Å². The number of rotatable bonds is 5. The number of ether oxygens (including phenoxy) is 1. The predicted molar refractivity (Wildman–Crippen MR) is 60.1 cm³/mol. The smallest absolute Gasteiger partial charge is 0.357 e. The first-order valence-electron chi connectivity index (χ1n) is 5.43. The van der Waals surface area contributed by atoms with Crippen LogP contribution in [0.5, 0.6) is 0 Å². The van der Waals surface area contributed by atoms with E-state index in [-0.39, 0.29) is 11.3 Å². The minimum Gasteiger partial charge on any atom is -0.476 e. The normalized spacial score (nSPS) is 10.3. The standard InChI is InChI=1S/C11H16N2O4/c1-4-5-6-17-11(16)8-7(2)13(3)12-9(8)10(14)15/h4-6H2,1-3H3,(H,14,15). The summed E-state index contributed by atoms with van der Waals surface area (Å²) in [6.45, 7) is 3.91. The molecule has 0 aromatic carbocycles. The van der Waals surface area contributed by atoms with Gasteiger partial charge in [0.15, 0.2) is 5.69 Å². The summed E-state index contributed by atoms with van der Waals surface area (Å²) >= 11 is 0. The molecule has 0 amide bonds. The number of carboxylic acids is 1. The van der Waals surface area contributed by atoms with Gasteiger partial charge in [0.25, 0.3) is 0 Å². The minimum absolute atomic E-state index is 0.0381. The van der Waals surface area contributed by atoms with Gasteiger partial charge >= 0.3 is 11.9 Å². The summed E-state index contributed by atoms with van der Waals surface area (Å²) in [7, 11) is 1.59. The van der Waals surface area contributed by atoms with Crippen LogP contribution in [0, 0.1) is 6.92 Å². The average Bonchev–Trinajstić information content (AvgIpc) is 2.56. The molecule has 17 heavy (non-hydrogen) atoms. The molecular formula is C11H16N2O4. The second-order valence-electron chi connectivity index (χ2n) is 3.73. The molecule has 1 aromatic rings. The van der Waals surface area contributed by atoms with Crippen LogP contribution in [0.15, 0.2) is 0 Å². The van der Waals surface area contributed by atoms with E-state index in [0.29, 0.717) is 12.3 Å². The fourth-order valence-corrected chi connectivity index (χ4v) is 1.38. The highest BCUT2D eigenvalue weighted by Crippen LogP contribution is 2.14. The largest absolute Gasteiger partial charge is 0.476 e. The maximum absolute atomic E-state index is 11.7. The van der Waals surface area contributed by atoms with Crippen molar-refractivity contribution in [2.75, 3.05) is 6.61 Å². The quantitative estimate of drug-likeness (QED) is 0.621. The molecule has 6 nitrogen and oxygen atoms in total. The third-order valence-electron chi connectivity index (χ3n) is 2.47. The van der Waals surface area contributed by atoms with Crippen molar-refractivity contribution in [1.29, 1.82) is 0 Å². The van der Waals surface area contributed by atoms with Crippen LogP contribution in [-0.2, 0) is 11.8 Å². The molecular weight excluding hydrogens is 224 g/mol. The predicted octanol–water partition coefficient (Wildman–Crippen LogP) is 1.38. The Bertz CT molecular complexity index is 437. The third-order valence-corrected chi connectivity index (χ3v) is 2.47. The maximum atomic E-state index is 11.7. The van der Waals surface area contributed by atoms with Crippen LogP contribution in [0.2, 0.25) is 0 Å². The highest BCUT2D eigenvalue weighted by molar-refractivity contribution is 6.02. The molecule has 0 bridgehead atoms. The number of aryl methyl sites for hydroxylation is 1. The molecule has 0 atom stereocenters. The summed E-state index contributed by atoms with van der Waals surface area (Å²) in [6.07, 6.45) is 1.67. The number of hydrogen-bond donors (Lipinski definition) is 1. The molecule has 94 valence electrons. The van der Waals surface area contributed by atoms with Crippen LogP contribution in [-0.4, -0.2) is 33.4 Å². The Morgan fingerprint density at radius 3 is 2.65 bits per heavy atom. The van der Waals surface area contributed by atoms with Crippen LogP contribution in [0.3, 0.4) is 0 Å². The first-order chi connectivity index (χ1) is 7.99. The van der Waals surface area contributed by atoms with Gasteiger partial charge in [0, 0.05) is 7.05 Å². The van der Waals surface area contributed by atoms with Gasteiger partial charge in [0.1, 0.15) is 5.56 Å². The molecule has 0 saturated heterocycles. The summed E-state index contributed by atoms with van der Waals surface area (Å²) in [6, 6.07) is 0. The number of aromatic nitrogens is 2. The Kier molecular flexibility index (Phi) is 4.25. The molecule has 1 heterocycles. The number of carbonyl (C=O) groups is 2. The van der Waals surface area contributed by atoms with Crippen LogP contribution < -0.4 is 0 Å². The van der Waals surface area contributed by atoms with E-state index in [2.05, 4.69) is 5.10 Å². The van der Waals surface area contributed by atoms with Gasteiger partial charge in [-0.15, -0.1) is 0 Å². The molecule has 1 aromatic heterocycles. The molecule has 0 spiro atoms. The second-order valence-corrected chi connectivity index (χ2v) is 3.73. The molecule has 0 aliphatic carbocycles. The van der Waals surface area contributed by atoms with E-state index in [0.717, 1.165) is 12.8 Å². The third kappa shape index (κ3) is 2.83. The topological polar surface area (TPSA) is 81.4 Å². The first-order valence-corrected chi connectivity index (χ1v) is 5.43. The fraction of sp³-hybridized carbons (Fsp3) is 0.545. The van der Waals surface area contributed by atoms with E-state index in [1.165, 1.54) is 4.68 Å². The molecule has 0 fully saturated rings. The Morgan fingerprint density at radius 2 is 2.12 bits per heavy atom. The van der Waals surface area contributed by atoms with Crippen molar-refractivity contribution in [3.8, 4) is 0 Å². The van der Waals surface area contributed by atoms with E-state index >= 15 is 0 Å². The minimum atomic E-state index is -1.23. The lowest BCUT2D eigenvalue weighted by molar-refractivity contribution is 0.0488. The first kappa shape index (κ1) is 13.2. The van der Waals surface area contributed by atoms with Crippen LogP contribution in [0.1, 0.15) is 46.3 Å². The molecule has 0 unspecified atom stereocenters. The van der Waals surface area contributed by atoms with Crippen molar-refractivity contribution in [3.05, 3.63) is 17.0 Å². The summed E-state index contributed by atoms with van der Waals surface area (Å²) in [5.74, 6) is -1.85. The summed E-state index contributed by atoms with van der Waals surface area (Å²) < 4.78 is 6.36. The van der Waals surface area contributed by atoms with Crippen molar-refractivity contribution in [2.45, 2.75) is 26.7 Å². The van der Waals surface area contributed by atoms with Gasteiger partial charge in [0.05, 0.1) is 12.3 Å². The van der Waals surface area contributed by atoms with Gasteiger partial charge in [-0.3, -0.25) is 4.68 Å². The van der Waals surface area contributed by atoms with Crippen molar-refractivity contribution >= 4 is 11.9 Å². The van der Waals surface area contributed by atoms with E-state index in [4.69, 9.17) is 9.84 Å². The number of nitrogens with zero attached hydrogens (tertiary/aromatic N) is 2. The van der Waals surface area contributed by atoms with E-state index < -0.39 is 11.9 Å². The van der Waals surface area contributed by atoms with Crippen LogP contribution >= 0.6 is 0 Å². The van der Waals surface area contributed by atoms with Crippen molar-refractivity contribution < 1.29 is 19.4 Å². The average molecular weight is 240 g/mol. The van der Waals surface area contributed by atoms with Crippen molar-refractivity contribution in [2.24, 2.45) is 7.05 Å². The van der Waals surface area contributed by atoms with Gasteiger partial charge in [-0.05, 0) is 13.3 Å². The number of hydrogen-bond acceptors (Lipinski definition) is 4. The Hall–Kier alpha value is -1.85. The monoisotopic (exact) mass is 240 g/mol. The van der Waals surface area contributed by atoms with Crippen molar-refractivity contribution in [3.63, 3.8) is 0 Å². The number of aromatic carboxylic acids is 1. The number of carboxylic acid groups (broad SMARTS) is 1. The van der Waals surface area contributed by atoms with E-state index in [9.17, 15) is 9.59 Å². The molecule has 0 saturated carbocycles. The van der Waals surface area contributed by atoms with Crippen LogP contribution in [0.4, 0.5) is 0 Å². The van der Waals surface area contributed by atoms with E-state index in [1.54, 1.807) is 14.0 Å². The zero-order chi connectivity index (χ0) is 13.0. The number of unbranched alkanes of at least 4 members (excludes halogenated alkanes) is 1. The van der Waals surface area contributed by atoms with Gasteiger partial charge in [0.2, 0.25) is 0 Å². The summed E-state index contributed by atoms with van der Waals surface area (Å²) in [4.78, 5) is 22.7. The molecule has 1 N–H and O–H groups in total. The van der Waals surface area contributed by atoms with Gasteiger partial charge in [-0.1, -0.05) is 13.3 Å². The highest BCUT2D eigenvalue weighted by Gasteiger charge is 2.25. The lowest BCUT2D eigenvalue weighted by Gasteiger charge is -2.03. The van der Waals surface area contributed by atoms with Gasteiger partial charge in [-0.2, -0.15) is 5.10 Å². The highest BCUT2D eigenvalue weighted by atomic mass is 16.5. The summed E-state index contributed by atoms with van der Waals surface area (Å²) in [5, 5.41) is 12.7. The Labute approximate surface area is 99.2 Å². The Morgan fingerprint density at radius 1 is 1.47 bits per heavy atom. The number of esters is 1. The molecule has 6 heteroatoms. The Balaban J connectivity index is 2.95. The SMILES string of the molecule is CCCCOC(=O)c1c(C(=O)O)nn(C)c1C. The fourth-order valence-electron chi connectivity index (χ4n) is 1.38.